The first kappa shape index (κ1) is 19.9. The van der Waals surface area contributed by atoms with Gasteiger partial charge in [0, 0.05) is 19.5 Å². The van der Waals surface area contributed by atoms with Crippen molar-refractivity contribution >= 4 is 6.09 Å². The number of ether oxygens (including phenoxy) is 2. The molecule has 0 aliphatic carbocycles. The molecule has 0 spiro atoms. The highest BCUT2D eigenvalue weighted by Crippen LogP contribution is 2.35. The average molecular weight is 378 g/mol. The normalized spacial score (nSPS) is 16.0. The van der Waals surface area contributed by atoms with Crippen molar-refractivity contribution < 1.29 is 14.3 Å². The van der Waals surface area contributed by atoms with Crippen molar-refractivity contribution in [3.8, 4) is 17.2 Å². The van der Waals surface area contributed by atoms with Crippen LogP contribution in [-0.4, -0.2) is 36.8 Å². The SMILES string of the molecule is CN(CC1COCc2c(-c3ccc(C#N)cc3)cccc21)C(=O)OC(C)(C)C. The molecule has 5 nitrogen and oxygen atoms in total. The van der Waals surface area contributed by atoms with E-state index in [4.69, 9.17) is 14.7 Å². The molecular formula is C23H26N2O3. The summed E-state index contributed by atoms with van der Waals surface area (Å²) in [7, 11) is 1.76. The molecule has 1 unspecified atom stereocenters. The van der Waals surface area contributed by atoms with Gasteiger partial charge >= 0.3 is 6.09 Å². The Morgan fingerprint density at radius 2 is 1.96 bits per heavy atom. The molecule has 2 aromatic rings. The zero-order valence-corrected chi connectivity index (χ0v) is 16.9. The highest BCUT2D eigenvalue weighted by molar-refractivity contribution is 5.70. The summed E-state index contributed by atoms with van der Waals surface area (Å²) >= 11 is 0. The summed E-state index contributed by atoms with van der Waals surface area (Å²) in [5.41, 5.74) is 4.62. The number of carbonyl (C=O) groups is 1. The quantitative estimate of drug-likeness (QED) is 0.776. The van der Waals surface area contributed by atoms with Crippen LogP contribution < -0.4 is 0 Å². The highest BCUT2D eigenvalue weighted by atomic mass is 16.6. The summed E-state index contributed by atoms with van der Waals surface area (Å²) in [5.74, 6) is 0.0830. The molecule has 1 atom stereocenters. The van der Waals surface area contributed by atoms with Gasteiger partial charge in [0.2, 0.25) is 0 Å². The topological polar surface area (TPSA) is 62.6 Å². The van der Waals surface area contributed by atoms with Crippen molar-refractivity contribution in [1.29, 1.82) is 5.26 Å². The van der Waals surface area contributed by atoms with E-state index in [1.54, 1.807) is 11.9 Å². The number of fused-ring (bicyclic) bond motifs is 1. The van der Waals surface area contributed by atoms with E-state index in [9.17, 15) is 4.79 Å². The smallest absolute Gasteiger partial charge is 0.410 e. The van der Waals surface area contributed by atoms with Gasteiger partial charge < -0.3 is 14.4 Å². The Kier molecular flexibility index (Phi) is 5.71. The number of carbonyl (C=O) groups excluding carboxylic acids is 1. The maximum absolute atomic E-state index is 12.3. The lowest BCUT2D eigenvalue weighted by molar-refractivity contribution is 0.0240. The van der Waals surface area contributed by atoms with E-state index < -0.39 is 5.60 Å². The van der Waals surface area contributed by atoms with E-state index in [0.29, 0.717) is 25.3 Å². The van der Waals surface area contributed by atoms with Gasteiger partial charge in [-0.1, -0.05) is 30.3 Å². The third-order valence-corrected chi connectivity index (χ3v) is 4.74. The first-order valence-corrected chi connectivity index (χ1v) is 9.42. The van der Waals surface area contributed by atoms with Crippen LogP contribution in [0.4, 0.5) is 4.79 Å². The number of hydrogen-bond donors (Lipinski definition) is 0. The average Bonchev–Trinajstić information content (AvgIpc) is 2.66. The van der Waals surface area contributed by atoms with Crippen molar-refractivity contribution in [3.05, 3.63) is 59.2 Å². The molecule has 0 bridgehead atoms. The maximum atomic E-state index is 12.3. The molecule has 3 rings (SSSR count). The third-order valence-electron chi connectivity index (χ3n) is 4.74. The highest BCUT2D eigenvalue weighted by Gasteiger charge is 2.27. The summed E-state index contributed by atoms with van der Waals surface area (Å²) in [6, 6.07) is 15.9. The van der Waals surface area contributed by atoms with E-state index in [2.05, 4.69) is 18.2 Å². The summed E-state index contributed by atoms with van der Waals surface area (Å²) in [6.07, 6.45) is -0.331. The van der Waals surface area contributed by atoms with Crippen LogP contribution in [0.5, 0.6) is 0 Å². The zero-order chi connectivity index (χ0) is 20.3. The van der Waals surface area contributed by atoms with E-state index in [0.717, 1.165) is 16.7 Å². The van der Waals surface area contributed by atoms with Gasteiger partial charge in [-0.15, -0.1) is 0 Å². The van der Waals surface area contributed by atoms with Crippen LogP contribution in [0, 0.1) is 11.3 Å². The Morgan fingerprint density at radius 1 is 1.25 bits per heavy atom. The first-order chi connectivity index (χ1) is 13.3. The van der Waals surface area contributed by atoms with Crippen LogP contribution in [0.2, 0.25) is 0 Å². The van der Waals surface area contributed by atoms with Crippen molar-refractivity contribution in [2.75, 3.05) is 20.2 Å². The Balaban J connectivity index is 1.84. The Hall–Kier alpha value is -2.84. The van der Waals surface area contributed by atoms with Crippen LogP contribution in [0.25, 0.3) is 11.1 Å². The summed E-state index contributed by atoms with van der Waals surface area (Å²) in [5, 5.41) is 9.01. The Bertz CT molecular complexity index is 892. The predicted molar refractivity (Wildman–Crippen MR) is 108 cm³/mol. The van der Waals surface area contributed by atoms with E-state index in [1.165, 1.54) is 5.56 Å². The van der Waals surface area contributed by atoms with Crippen LogP contribution in [0.1, 0.15) is 43.4 Å². The molecule has 1 heterocycles. The van der Waals surface area contributed by atoms with Crippen LogP contribution in [-0.2, 0) is 16.1 Å². The minimum atomic E-state index is -0.519. The van der Waals surface area contributed by atoms with Crippen molar-refractivity contribution in [1.82, 2.24) is 4.90 Å². The second kappa shape index (κ2) is 8.04. The van der Waals surface area contributed by atoms with Gasteiger partial charge in [-0.25, -0.2) is 4.79 Å². The lowest BCUT2D eigenvalue weighted by Crippen LogP contribution is -2.38. The van der Waals surface area contributed by atoms with Gasteiger partial charge in [0.15, 0.2) is 0 Å². The van der Waals surface area contributed by atoms with Crippen LogP contribution in [0.15, 0.2) is 42.5 Å². The van der Waals surface area contributed by atoms with Crippen LogP contribution >= 0.6 is 0 Å². The molecule has 28 heavy (non-hydrogen) atoms. The first-order valence-electron chi connectivity index (χ1n) is 9.42. The lowest BCUT2D eigenvalue weighted by atomic mass is 9.87. The van der Waals surface area contributed by atoms with Gasteiger partial charge in [0.1, 0.15) is 5.60 Å². The standard InChI is InChI=1S/C23H26N2O3/c1-23(2,3)28-22(26)25(4)13-18-14-27-15-21-19(6-5-7-20(18)21)17-10-8-16(12-24)9-11-17/h5-11,18H,13-15H2,1-4H3. The molecule has 1 aliphatic heterocycles. The van der Waals surface area contributed by atoms with Crippen molar-refractivity contribution in [2.45, 2.75) is 38.9 Å². The molecule has 0 saturated heterocycles. The number of benzene rings is 2. The molecule has 1 aliphatic rings. The van der Waals surface area contributed by atoms with E-state index in [-0.39, 0.29) is 12.0 Å². The molecule has 0 fully saturated rings. The Morgan fingerprint density at radius 3 is 2.61 bits per heavy atom. The minimum absolute atomic E-state index is 0.0830. The summed E-state index contributed by atoms with van der Waals surface area (Å²) in [4.78, 5) is 13.9. The number of nitrogens with zero attached hydrogens (tertiary/aromatic N) is 2. The van der Waals surface area contributed by atoms with E-state index in [1.807, 2.05) is 51.1 Å². The number of likely N-dealkylation sites (N-methyl/N-ethyl adjacent to an activating group) is 1. The zero-order valence-electron chi connectivity index (χ0n) is 16.9. The molecule has 1 amide bonds. The second-order valence-corrected chi connectivity index (χ2v) is 8.14. The molecular weight excluding hydrogens is 352 g/mol. The van der Waals surface area contributed by atoms with E-state index >= 15 is 0 Å². The number of amides is 1. The number of rotatable bonds is 3. The predicted octanol–water partition coefficient (Wildman–Crippen LogP) is 4.71. The molecule has 2 aromatic carbocycles. The van der Waals surface area contributed by atoms with Gasteiger partial charge in [-0.2, -0.15) is 5.26 Å². The number of hydrogen-bond acceptors (Lipinski definition) is 4. The fourth-order valence-corrected chi connectivity index (χ4v) is 3.43. The Labute approximate surface area is 166 Å². The molecule has 0 saturated carbocycles. The number of nitriles is 1. The summed E-state index contributed by atoms with van der Waals surface area (Å²) in [6.45, 7) is 7.22. The molecule has 5 heteroatoms. The molecule has 0 aromatic heterocycles. The van der Waals surface area contributed by atoms with Gasteiger partial charge in [0.25, 0.3) is 0 Å². The largest absolute Gasteiger partial charge is 0.444 e. The van der Waals surface area contributed by atoms with Crippen molar-refractivity contribution in [2.24, 2.45) is 0 Å². The maximum Gasteiger partial charge on any atom is 0.410 e. The van der Waals surface area contributed by atoms with Crippen molar-refractivity contribution in [3.63, 3.8) is 0 Å². The monoisotopic (exact) mass is 378 g/mol. The molecule has 0 radical (unpaired) electrons. The molecule has 0 N–H and O–H groups in total. The third kappa shape index (κ3) is 4.52. The second-order valence-electron chi connectivity index (χ2n) is 8.14. The molecule has 146 valence electrons. The van der Waals surface area contributed by atoms with Gasteiger partial charge in [0.05, 0.1) is 24.8 Å². The summed E-state index contributed by atoms with van der Waals surface area (Å²) < 4.78 is 11.3. The fourth-order valence-electron chi connectivity index (χ4n) is 3.43. The fraction of sp³-hybridized carbons (Fsp3) is 0.391. The lowest BCUT2D eigenvalue weighted by Gasteiger charge is -2.31. The van der Waals surface area contributed by atoms with Crippen LogP contribution in [0.3, 0.4) is 0 Å². The van der Waals surface area contributed by atoms with Gasteiger partial charge in [-0.3, -0.25) is 0 Å². The minimum Gasteiger partial charge on any atom is -0.444 e. The van der Waals surface area contributed by atoms with Gasteiger partial charge in [-0.05, 0) is 55.2 Å².